The zero-order chi connectivity index (χ0) is 18.4. The van der Waals surface area contributed by atoms with Crippen LogP contribution in [0.3, 0.4) is 0 Å². The highest BCUT2D eigenvalue weighted by Crippen LogP contribution is 2.31. The highest BCUT2D eigenvalue weighted by molar-refractivity contribution is 6.31. The number of carbonyl (C=O) groups excluding carboxylic acids is 1. The Morgan fingerprint density at radius 2 is 2.15 bits per heavy atom. The van der Waals surface area contributed by atoms with Crippen LogP contribution in [0.4, 0.5) is 10.5 Å². The molecule has 26 heavy (non-hydrogen) atoms. The van der Waals surface area contributed by atoms with Gasteiger partial charge in [-0.25, -0.2) is 4.79 Å². The van der Waals surface area contributed by atoms with Crippen LogP contribution >= 0.6 is 11.6 Å². The molecule has 0 spiro atoms. The van der Waals surface area contributed by atoms with E-state index in [1.54, 1.807) is 24.1 Å². The maximum atomic E-state index is 12.5. The van der Waals surface area contributed by atoms with Crippen molar-refractivity contribution >= 4 is 23.3 Å². The minimum Gasteiger partial charge on any atom is -0.491 e. The number of ether oxygens (including phenoxy) is 2. The predicted molar refractivity (Wildman–Crippen MR) is 103 cm³/mol. The third-order valence-electron chi connectivity index (χ3n) is 5.08. The van der Waals surface area contributed by atoms with Gasteiger partial charge in [-0.3, -0.25) is 4.90 Å². The summed E-state index contributed by atoms with van der Waals surface area (Å²) >= 11 is 6.10. The molecular formula is C19H28ClN3O3. The molecule has 1 aromatic carbocycles. The van der Waals surface area contributed by atoms with E-state index >= 15 is 0 Å². The molecule has 0 radical (unpaired) electrons. The minimum absolute atomic E-state index is 0.158. The number of halogens is 1. The standard InChI is InChI=1S/C19H28ClN3O3/c1-22(7-8-23-9-11-25-12-10-23)19(24)21-17-13-16(20)5-6-18(17)26-14-15-3-2-4-15/h5-6,13,15H,2-4,7-12,14H2,1H3,(H,21,24). The lowest BCUT2D eigenvalue weighted by atomic mass is 9.86. The molecule has 0 atom stereocenters. The van der Waals surface area contributed by atoms with Crippen LogP contribution < -0.4 is 10.1 Å². The van der Waals surface area contributed by atoms with Crippen LogP contribution in [0.1, 0.15) is 19.3 Å². The van der Waals surface area contributed by atoms with Crippen molar-refractivity contribution < 1.29 is 14.3 Å². The van der Waals surface area contributed by atoms with Gasteiger partial charge in [-0.05, 0) is 37.0 Å². The highest BCUT2D eigenvalue weighted by atomic mass is 35.5. The van der Waals surface area contributed by atoms with Crippen LogP contribution in [0.25, 0.3) is 0 Å². The average molecular weight is 382 g/mol. The number of morpholine rings is 1. The number of hydrogen-bond donors (Lipinski definition) is 1. The molecule has 1 aliphatic carbocycles. The number of carbonyl (C=O) groups is 1. The van der Waals surface area contributed by atoms with Gasteiger partial charge in [0.25, 0.3) is 0 Å². The number of urea groups is 1. The van der Waals surface area contributed by atoms with Crippen molar-refractivity contribution in [3.63, 3.8) is 0 Å². The molecule has 1 N–H and O–H groups in total. The number of hydrogen-bond acceptors (Lipinski definition) is 4. The summed E-state index contributed by atoms with van der Waals surface area (Å²) in [5, 5.41) is 3.51. The van der Waals surface area contributed by atoms with Gasteiger partial charge >= 0.3 is 6.03 Å². The fraction of sp³-hybridized carbons (Fsp3) is 0.632. The number of likely N-dealkylation sites (N-methyl/N-ethyl adjacent to an activating group) is 1. The Morgan fingerprint density at radius 1 is 1.38 bits per heavy atom. The van der Waals surface area contributed by atoms with Gasteiger partial charge in [0.2, 0.25) is 0 Å². The maximum absolute atomic E-state index is 12.5. The van der Waals surface area contributed by atoms with Crippen molar-refractivity contribution in [3.8, 4) is 5.75 Å². The van der Waals surface area contributed by atoms with E-state index in [2.05, 4.69) is 10.2 Å². The number of nitrogens with one attached hydrogen (secondary N) is 1. The van der Waals surface area contributed by atoms with Crippen molar-refractivity contribution in [1.82, 2.24) is 9.80 Å². The van der Waals surface area contributed by atoms with Crippen LogP contribution in [-0.4, -0.2) is 68.9 Å². The molecule has 7 heteroatoms. The van der Waals surface area contributed by atoms with Crippen LogP contribution in [-0.2, 0) is 4.74 Å². The molecule has 6 nitrogen and oxygen atoms in total. The summed E-state index contributed by atoms with van der Waals surface area (Å²) in [6, 6.07) is 5.19. The van der Waals surface area contributed by atoms with Crippen LogP contribution in [0.2, 0.25) is 5.02 Å². The number of anilines is 1. The lowest BCUT2D eigenvalue weighted by Gasteiger charge is -2.29. The number of rotatable bonds is 7. The summed E-state index contributed by atoms with van der Waals surface area (Å²) < 4.78 is 11.3. The Bertz CT molecular complexity index is 604. The van der Waals surface area contributed by atoms with Gasteiger partial charge in [0, 0.05) is 38.2 Å². The van der Waals surface area contributed by atoms with Gasteiger partial charge < -0.3 is 19.7 Å². The van der Waals surface area contributed by atoms with E-state index in [9.17, 15) is 4.79 Å². The first-order valence-electron chi connectivity index (χ1n) is 9.36. The summed E-state index contributed by atoms with van der Waals surface area (Å²) in [5.74, 6) is 1.31. The Labute approximate surface area is 160 Å². The lowest BCUT2D eigenvalue weighted by molar-refractivity contribution is 0.0359. The van der Waals surface area contributed by atoms with Gasteiger partial charge in [-0.15, -0.1) is 0 Å². The molecule has 1 aromatic rings. The first-order chi connectivity index (χ1) is 12.6. The van der Waals surface area contributed by atoms with E-state index in [1.807, 2.05) is 6.07 Å². The van der Waals surface area contributed by atoms with Crippen molar-refractivity contribution in [1.29, 1.82) is 0 Å². The number of nitrogens with zero attached hydrogens (tertiary/aromatic N) is 2. The summed E-state index contributed by atoms with van der Waals surface area (Å²) in [4.78, 5) is 16.5. The fourth-order valence-electron chi connectivity index (χ4n) is 3.02. The molecule has 2 amide bonds. The van der Waals surface area contributed by atoms with Gasteiger partial charge in [-0.2, -0.15) is 0 Å². The third kappa shape index (κ3) is 5.50. The summed E-state index contributed by atoms with van der Waals surface area (Å²) in [5.41, 5.74) is 0.625. The molecule has 2 fully saturated rings. The van der Waals surface area contributed by atoms with Crippen molar-refractivity contribution in [3.05, 3.63) is 23.2 Å². The number of amides is 2. The van der Waals surface area contributed by atoms with Crippen molar-refractivity contribution in [2.45, 2.75) is 19.3 Å². The highest BCUT2D eigenvalue weighted by Gasteiger charge is 2.20. The second-order valence-corrected chi connectivity index (χ2v) is 7.49. The Balaban J connectivity index is 1.52. The molecule has 0 aromatic heterocycles. The molecule has 3 rings (SSSR count). The van der Waals surface area contributed by atoms with E-state index in [0.29, 0.717) is 35.5 Å². The van der Waals surface area contributed by atoms with Gasteiger partial charge in [0.1, 0.15) is 5.75 Å². The Hall–Kier alpha value is -1.50. The summed E-state index contributed by atoms with van der Waals surface area (Å²) in [6.07, 6.45) is 3.73. The van der Waals surface area contributed by atoms with Crippen LogP contribution in [0.5, 0.6) is 5.75 Å². The zero-order valence-electron chi connectivity index (χ0n) is 15.4. The topological polar surface area (TPSA) is 54.0 Å². The van der Waals surface area contributed by atoms with Crippen molar-refractivity contribution in [2.24, 2.45) is 5.92 Å². The molecule has 144 valence electrons. The second kappa shape index (κ2) is 9.44. The fourth-order valence-corrected chi connectivity index (χ4v) is 3.19. The van der Waals surface area contributed by atoms with E-state index in [1.165, 1.54) is 19.3 Å². The molecule has 2 aliphatic rings. The lowest BCUT2D eigenvalue weighted by Crippen LogP contribution is -2.42. The quantitative estimate of drug-likeness (QED) is 0.787. The molecular weight excluding hydrogens is 354 g/mol. The van der Waals surface area contributed by atoms with Gasteiger partial charge in [0.05, 0.1) is 25.5 Å². The zero-order valence-corrected chi connectivity index (χ0v) is 16.1. The van der Waals surface area contributed by atoms with Gasteiger partial charge in [0.15, 0.2) is 0 Å². The van der Waals surface area contributed by atoms with E-state index < -0.39 is 0 Å². The molecule has 1 heterocycles. The first kappa shape index (κ1) is 19.3. The molecule has 1 aliphatic heterocycles. The molecule has 0 unspecified atom stereocenters. The normalized spacial score (nSPS) is 18.2. The van der Waals surface area contributed by atoms with Crippen LogP contribution in [0, 0.1) is 5.92 Å². The smallest absolute Gasteiger partial charge is 0.321 e. The first-order valence-corrected chi connectivity index (χ1v) is 9.74. The number of benzene rings is 1. The van der Waals surface area contributed by atoms with Gasteiger partial charge in [-0.1, -0.05) is 18.0 Å². The average Bonchev–Trinajstić information content (AvgIpc) is 2.61. The van der Waals surface area contributed by atoms with E-state index in [0.717, 1.165) is 32.8 Å². The Morgan fingerprint density at radius 3 is 2.85 bits per heavy atom. The van der Waals surface area contributed by atoms with E-state index in [4.69, 9.17) is 21.1 Å². The summed E-state index contributed by atoms with van der Waals surface area (Å²) in [6.45, 7) is 5.56. The third-order valence-corrected chi connectivity index (χ3v) is 5.32. The predicted octanol–water partition coefficient (Wildman–Crippen LogP) is 3.31. The second-order valence-electron chi connectivity index (χ2n) is 7.05. The molecule has 1 saturated heterocycles. The SMILES string of the molecule is CN(CCN1CCOCC1)C(=O)Nc1cc(Cl)ccc1OCC1CCC1. The largest absolute Gasteiger partial charge is 0.491 e. The minimum atomic E-state index is -0.158. The van der Waals surface area contributed by atoms with E-state index in [-0.39, 0.29) is 6.03 Å². The maximum Gasteiger partial charge on any atom is 0.321 e. The van der Waals surface area contributed by atoms with Crippen LogP contribution in [0.15, 0.2) is 18.2 Å². The molecule has 0 bridgehead atoms. The Kier molecular flexibility index (Phi) is 7.00. The monoisotopic (exact) mass is 381 g/mol. The summed E-state index contributed by atoms with van der Waals surface area (Å²) in [7, 11) is 1.80. The van der Waals surface area contributed by atoms with Crippen molar-refractivity contribution in [2.75, 3.05) is 58.4 Å². The molecule has 1 saturated carbocycles.